The van der Waals surface area contributed by atoms with E-state index in [4.69, 9.17) is 0 Å². The second kappa shape index (κ2) is 5.30. The number of nitrogens with zero attached hydrogens (tertiary/aromatic N) is 3. The predicted molar refractivity (Wildman–Crippen MR) is 69.9 cm³/mol. The van der Waals surface area contributed by atoms with Gasteiger partial charge in [-0.15, -0.1) is 0 Å². The van der Waals surface area contributed by atoms with E-state index in [2.05, 4.69) is 22.1 Å². The van der Waals surface area contributed by atoms with Crippen LogP contribution in [0.2, 0.25) is 0 Å². The Balaban J connectivity index is 2.37. The lowest BCUT2D eigenvalue weighted by Gasteiger charge is -2.38. The van der Waals surface area contributed by atoms with Crippen LogP contribution in [-0.4, -0.2) is 35.6 Å². The summed E-state index contributed by atoms with van der Waals surface area (Å²) in [5.41, 5.74) is 0.907. The van der Waals surface area contributed by atoms with Crippen LogP contribution in [0.15, 0.2) is 12.1 Å². The lowest BCUT2D eigenvalue weighted by molar-refractivity contribution is -0.384. The molecule has 18 heavy (non-hydrogen) atoms. The second-order valence-electron chi connectivity index (χ2n) is 4.56. The number of pyridine rings is 1. The number of hydrogen-bond donors (Lipinski definition) is 1. The molecule has 1 saturated heterocycles. The molecule has 1 N–H and O–H groups in total. The van der Waals surface area contributed by atoms with Crippen LogP contribution in [0.4, 0.5) is 11.5 Å². The molecule has 2 heterocycles. The summed E-state index contributed by atoms with van der Waals surface area (Å²) in [6.07, 6.45) is 0.948. The average Bonchev–Trinajstić information content (AvgIpc) is 2.25. The standard InChI is InChI=1S/C12H18N4O2/c1-3-6-15(10-7-13-8-10)12-11(16(17)18)5-4-9(2)14-12/h4-5,10,13H,3,6-8H2,1-2H3. The molecule has 0 saturated carbocycles. The van der Waals surface area contributed by atoms with Crippen molar-refractivity contribution in [2.24, 2.45) is 0 Å². The van der Waals surface area contributed by atoms with E-state index in [1.807, 2.05) is 6.92 Å². The molecule has 98 valence electrons. The Morgan fingerprint density at radius 2 is 2.28 bits per heavy atom. The molecule has 1 fully saturated rings. The van der Waals surface area contributed by atoms with Gasteiger partial charge >= 0.3 is 5.69 Å². The van der Waals surface area contributed by atoms with Crippen LogP contribution in [0, 0.1) is 17.0 Å². The van der Waals surface area contributed by atoms with E-state index in [9.17, 15) is 10.1 Å². The summed E-state index contributed by atoms with van der Waals surface area (Å²) in [7, 11) is 0. The third-order valence-electron chi connectivity index (χ3n) is 3.13. The van der Waals surface area contributed by atoms with E-state index >= 15 is 0 Å². The van der Waals surface area contributed by atoms with Gasteiger partial charge in [0.15, 0.2) is 0 Å². The molecule has 0 aromatic carbocycles. The summed E-state index contributed by atoms with van der Waals surface area (Å²) in [6.45, 7) is 6.46. The maximum atomic E-state index is 11.1. The van der Waals surface area contributed by atoms with Crippen molar-refractivity contribution in [3.63, 3.8) is 0 Å². The molecular weight excluding hydrogens is 232 g/mol. The van der Waals surface area contributed by atoms with Crippen molar-refractivity contribution < 1.29 is 4.92 Å². The van der Waals surface area contributed by atoms with E-state index in [1.165, 1.54) is 0 Å². The molecule has 0 amide bonds. The van der Waals surface area contributed by atoms with E-state index in [0.717, 1.165) is 31.7 Å². The van der Waals surface area contributed by atoms with Gasteiger partial charge in [0.1, 0.15) is 0 Å². The van der Waals surface area contributed by atoms with Crippen molar-refractivity contribution >= 4 is 11.5 Å². The molecule has 0 atom stereocenters. The van der Waals surface area contributed by atoms with Gasteiger partial charge in [-0.25, -0.2) is 4.98 Å². The van der Waals surface area contributed by atoms with E-state index in [1.54, 1.807) is 12.1 Å². The third kappa shape index (κ3) is 2.43. The van der Waals surface area contributed by atoms with E-state index < -0.39 is 0 Å². The van der Waals surface area contributed by atoms with E-state index in [-0.39, 0.29) is 10.6 Å². The SMILES string of the molecule is CCCN(c1nc(C)ccc1[N+](=O)[O-])C1CNC1. The molecule has 2 rings (SSSR count). The Labute approximate surface area is 106 Å². The maximum absolute atomic E-state index is 11.1. The van der Waals surface area contributed by atoms with Gasteiger partial charge in [-0.1, -0.05) is 6.92 Å². The highest BCUT2D eigenvalue weighted by molar-refractivity contribution is 5.59. The fraction of sp³-hybridized carbons (Fsp3) is 0.583. The fourth-order valence-electron chi connectivity index (χ4n) is 2.09. The van der Waals surface area contributed by atoms with Crippen LogP contribution in [-0.2, 0) is 0 Å². The summed E-state index contributed by atoms with van der Waals surface area (Å²) >= 11 is 0. The van der Waals surface area contributed by atoms with Crippen LogP contribution >= 0.6 is 0 Å². The molecular formula is C12H18N4O2. The van der Waals surface area contributed by atoms with Crippen molar-refractivity contribution in [3.05, 3.63) is 27.9 Å². The number of aryl methyl sites for hydroxylation is 1. The first-order chi connectivity index (χ1) is 8.63. The number of nitrogens with one attached hydrogen (secondary N) is 1. The zero-order valence-corrected chi connectivity index (χ0v) is 10.7. The van der Waals surface area contributed by atoms with Crippen molar-refractivity contribution in [1.82, 2.24) is 10.3 Å². The van der Waals surface area contributed by atoms with Gasteiger partial charge in [0.2, 0.25) is 5.82 Å². The molecule has 0 bridgehead atoms. The Hall–Kier alpha value is -1.69. The minimum Gasteiger partial charge on any atom is -0.345 e. The van der Waals surface area contributed by atoms with Gasteiger partial charge in [-0.2, -0.15) is 0 Å². The third-order valence-corrected chi connectivity index (χ3v) is 3.13. The number of hydrogen-bond acceptors (Lipinski definition) is 5. The molecule has 0 radical (unpaired) electrons. The molecule has 6 heteroatoms. The van der Waals surface area contributed by atoms with Crippen LogP contribution in [0.3, 0.4) is 0 Å². The quantitative estimate of drug-likeness (QED) is 0.633. The van der Waals surface area contributed by atoms with Crippen LogP contribution in [0.25, 0.3) is 0 Å². The van der Waals surface area contributed by atoms with Crippen LogP contribution < -0.4 is 10.2 Å². The Kier molecular flexibility index (Phi) is 3.76. The number of anilines is 1. The summed E-state index contributed by atoms with van der Waals surface area (Å²) < 4.78 is 0. The van der Waals surface area contributed by atoms with Gasteiger partial charge in [0.25, 0.3) is 0 Å². The van der Waals surface area contributed by atoms with Crippen LogP contribution in [0.1, 0.15) is 19.0 Å². The molecule has 1 aromatic rings. The predicted octanol–water partition coefficient (Wildman–Crippen LogP) is 1.49. The zero-order valence-electron chi connectivity index (χ0n) is 10.7. The first-order valence-electron chi connectivity index (χ1n) is 6.23. The minimum absolute atomic E-state index is 0.0981. The maximum Gasteiger partial charge on any atom is 0.311 e. The lowest BCUT2D eigenvalue weighted by atomic mass is 10.1. The topological polar surface area (TPSA) is 71.3 Å². The van der Waals surface area contributed by atoms with Gasteiger partial charge in [-0.3, -0.25) is 10.1 Å². The average molecular weight is 250 g/mol. The molecule has 0 unspecified atom stereocenters. The summed E-state index contributed by atoms with van der Waals surface area (Å²) in [5, 5.41) is 14.3. The first-order valence-corrected chi connectivity index (χ1v) is 6.23. The molecule has 0 aliphatic carbocycles. The number of rotatable bonds is 5. The van der Waals surface area contributed by atoms with Crippen molar-refractivity contribution in [1.29, 1.82) is 0 Å². The van der Waals surface area contributed by atoms with Gasteiger partial charge in [0.05, 0.1) is 11.0 Å². The van der Waals surface area contributed by atoms with Gasteiger partial charge < -0.3 is 10.2 Å². The first kappa shape index (κ1) is 12.8. The highest BCUT2D eigenvalue weighted by Gasteiger charge is 2.30. The normalized spacial score (nSPS) is 15.2. The van der Waals surface area contributed by atoms with Crippen molar-refractivity contribution in [3.8, 4) is 0 Å². The van der Waals surface area contributed by atoms with E-state index in [0.29, 0.717) is 11.9 Å². The number of aromatic nitrogens is 1. The molecule has 0 spiro atoms. The van der Waals surface area contributed by atoms with Crippen molar-refractivity contribution in [2.75, 3.05) is 24.5 Å². The Bertz CT molecular complexity index is 446. The Morgan fingerprint density at radius 1 is 1.56 bits per heavy atom. The minimum atomic E-state index is -0.351. The molecule has 1 aliphatic rings. The fourth-order valence-corrected chi connectivity index (χ4v) is 2.09. The monoisotopic (exact) mass is 250 g/mol. The highest BCUT2D eigenvalue weighted by atomic mass is 16.6. The highest BCUT2D eigenvalue weighted by Crippen LogP contribution is 2.28. The Morgan fingerprint density at radius 3 is 2.78 bits per heavy atom. The smallest absolute Gasteiger partial charge is 0.311 e. The lowest BCUT2D eigenvalue weighted by Crippen LogP contribution is -2.58. The summed E-state index contributed by atoms with van der Waals surface area (Å²) in [6, 6.07) is 3.55. The van der Waals surface area contributed by atoms with Crippen molar-refractivity contribution in [2.45, 2.75) is 26.3 Å². The van der Waals surface area contributed by atoms with Gasteiger partial charge in [0, 0.05) is 31.4 Å². The van der Waals surface area contributed by atoms with Gasteiger partial charge in [-0.05, 0) is 19.4 Å². The molecule has 1 aromatic heterocycles. The molecule has 6 nitrogen and oxygen atoms in total. The summed E-state index contributed by atoms with van der Waals surface area (Å²) in [4.78, 5) is 17.2. The largest absolute Gasteiger partial charge is 0.345 e. The van der Waals surface area contributed by atoms with Crippen LogP contribution in [0.5, 0.6) is 0 Å². The second-order valence-corrected chi connectivity index (χ2v) is 4.56. The zero-order chi connectivity index (χ0) is 13.1. The molecule has 1 aliphatic heterocycles. The summed E-state index contributed by atoms with van der Waals surface area (Å²) in [5.74, 6) is 0.508. The number of nitro groups is 1.